The predicted octanol–water partition coefficient (Wildman–Crippen LogP) is 3.65. The largest absolute Gasteiger partial charge is 0.338 e. The lowest BCUT2D eigenvalue weighted by molar-refractivity contribution is -0.134. The summed E-state index contributed by atoms with van der Waals surface area (Å²) < 4.78 is 0. The number of carbonyl (C=O) groups excluding carboxylic acids is 1. The van der Waals surface area contributed by atoms with Gasteiger partial charge in [0.05, 0.1) is 12.1 Å². The molecule has 0 aliphatic carbocycles. The van der Waals surface area contributed by atoms with Crippen LogP contribution in [0.15, 0.2) is 18.2 Å². The van der Waals surface area contributed by atoms with Crippen LogP contribution in [-0.2, 0) is 4.79 Å². The minimum absolute atomic E-state index is 0.0673. The topological polar surface area (TPSA) is 32.3 Å². The zero-order chi connectivity index (χ0) is 14.7. The SMILES string of the molecule is CC(c1ccc(Cl)cc1Cl)N(C)C(=O)C1CCCCN1. The molecule has 1 aliphatic rings. The van der Waals surface area contributed by atoms with Gasteiger partial charge in [0.2, 0.25) is 5.91 Å². The first kappa shape index (κ1) is 15.6. The van der Waals surface area contributed by atoms with E-state index in [-0.39, 0.29) is 18.0 Å². The number of amides is 1. The van der Waals surface area contributed by atoms with Gasteiger partial charge in [-0.3, -0.25) is 4.79 Å². The van der Waals surface area contributed by atoms with E-state index in [1.165, 1.54) is 0 Å². The molecule has 1 aromatic carbocycles. The molecule has 1 N–H and O–H groups in total. The zero-order valence-electron chi connectivity index (χ0n) is 11.8. The Balaban J connectivity index is 2.10. The number of benzene rings is 1. The summed E-state index contributed by atoms with van der Waals surface area (Å²) in [5, 5.41) is 4.49. The Bertz CT molecular complexity index is 487. The molecule has 0 bridgehead atoms. The van der Waals surface area contributed by atoms with Crippen molar-refractivity contribution in [3.63, 3.8) is 0 Å². The molecule has 1 fully saturated rings. The molecule has 2 rings (SSSR count). The van der Waals surface area contributed by atoms with Crippen LogP contribution in [0.1, 0.15) is 37.8 Å². The molecular formula is C15H20Cl2N2O. The van der Waals surface area contributed by atoms with Crippen molar-refractivity contribution in [1.82, 2.24) is 10.2 Å². The van der Waals surface area contributed by atoms with E-state index in [0.29, 0.717) is 10.0 Å². The van der Waals surface area contributed by atoms with Crippen molar-refractivity contribution in [3.05, 3.63) is 33.8 Å². The average Bonchev–Trinajstić information content (AvgIpc) is 2.46. The molecule has 1 aliphatic heterocycles. The van der Waals surface area contributed by atoms with Gasteiger partial charge in [0, 0.05) is 17.1 Å². The number of halogens is 2. The fraction of sp³-hybridized carbons (Fsp3) is 0.533. The lowest BCUT2D eigenvalue weighted by Crippen LogP contribution is -2.47. The van der Waals surface area contributed by atoms with Gasteiger partial charge in [0.25, 0.3) is 0 Å². The standard InChI is InChI=1S/C15H20Cl2N2O/c1-10(12-7-6-11(16)9-13(12)17)19(2)15(20)14-5-3-4-8-18-14/h6-7,9-10,14,18H,3-5,8H2,1-2H3. The molecule has 5 heteroatoms. The van der Waals surface area contributed by atoms with Crippen molar-refractivity contribution in [3.8, 4) is 0 Å². The number of piperidine rings is 1. The van der Waals surface area contributed by atoms with E-state index in [1.807, 2.05) is 20.0 Å². The Morgan fingerprint density at radius 2 is 2.15 bits per heavy atom. The van der Waals surface area contributed by atoms with Gasteiger partial charge in [-0.25, -0.2) is 0 Å². The second-order valence-electron chi connectivity index (χ2n) is 5.29. The molecule has 110 valence electrons. The second-order valence-corrected chi connectivity index (χ2v) is 6.14. The van der Waals surface area contributed by atoms with Crippen molar-refractivity contribution in [2.24, 2.45) is 0 Å². The first-order valence-corrected chi connectivity index (χ1v) is 7.71. The quantitative estimate of drug-likeness (QED) is 0.923. The molecule has 2 atom stereocenters. The Hall–Kier alpha value is -0.770. The van der Waals surface area contributed by atoms with E-state index >= 15 is 0 Å². The van der Waals surface area contributed by atoms with Gasteiger partial charge in [0.1, 0.15) is 0 Å². The molecule has 0 aromatic heterocycles. The van der Waals surface area contributed by atoms with Crippen LogP contribution in [0.25, 0.3) is 0 Å². The highest BCUT2D eigenvalue weighted by Crippen LogP contribution is 2.29. The minimum Gasteiger partial charge on any atom is -0.338 e. The number of rotatable bonds is 3. The maximum Gasteiger partial charge on any atom is 0.239 e. The normalized spacial score (nSPS) is 20.5. The van der Waals surface area contributed by atoms with Gasteiger partial charge in [-0.2, -0.15) is 0 Å². The molecule has 20 heavy (non-hydrogen) atoms. The lowest BCUT2D eigenvalue weighted by Gasteiger charge is -2.32. The predicted molar refractivity (Wildman–Crippen MR) is 83.3 cm³/mol. The van der Waals surface area contributed by atoms with Gasteiger partial charge in [-0.05, 0) is 44.0 Å². The Morgan fingerprint density at radius 1 is 1.40 bits per heavy atom. The number of nitrogens with zero attached hydrogens (tertiary/aromatic N) is 1. The number of likely N-dealkylation sites (N-methyl/N-ethyl adjacent to an activating group) is 1. The number of hydrogen-bond acceptors (Lipinski definition) is 2. The second kappa shape index (κ2) is 6.79. The molecule has 1 amide bonds. The van der Waals surface area contributed by atoms with Gasteiger partial charge in [-0.1, -0.05) is 35.7 Å². The van der Waals surface area contributed by atoms with Crippen LogP contribution in [0.3, 0.4) is 0 Å². The van der Waals surface area contributed by atoms with Crippen molar-refractivity contribution in [2.45, 2.75) is 38.3 Å². The summed E-state index contributed by atoms with van der Waals surface area (Å²) >= 11 is 12.1. The summed E-state index contributed by atoms with van der Waals surface area (Å²) in [6.45, 7) is 2.90. The molecule has 1 aromatic rings. The highest BCUT2D eigenvalue weighted by molar-refractivity contribution is 6.35. The minimum atomic E-state index is -0.0732. The van der Waals surface area contributed by atoms with Crippen LogP contribution in [0.2, 0.25) is 10.0 Å². The van der Waals surface area contributed by atoms with Crippen LogP contribution in [0, 0.1) is 0 Å². The van der Waals surface area contributed by atoms with E-state index in [0.717, 1.165) is 31.4 Å². The van der Waals surface area contributed by atoms with E-state index in [9.17, 15) is 4.79 Å². The summed E-state index contributed by atoms with van der Waals surface area (Å²) in [5.74, 6) is 0.128. The molecular weight excluding hydrogens is 295 g/mol. The first-order chi connectivity index (χ1) is 9.50. The van der Waals surface area contributed by atoms with Crippen molar-refractivity contribution < 1.29 is 4.79 Å². The Kier molecular flexibility index (Phi) is 5.30. The van der Waals surface area contributed by atoms with E-state index < -0.39 is 0 Å². The molecule has 3 nitrogen and oxygen atoms in total. The van der Waals surface area contributed by atoms with Crippen LogP contribution in [0.4, 0.5) is 0 Å². The lowest BCUT2D eigenvalue weighted by atomic mass is 10.0. The fourth-order valence-electron chi connectivity index (χ4n) is 2.55. The van der Waals surface area contributed by atoms with E-state index in [4.69, 9.17) is 23.2 Å². The Labute approximate surface area is 130 Å². The third-order valence-corrected chi connectivity index (χ3v) is 4.51. The van der Waals surface area contributed by atoms with Gasteiger partial charge in [-0.15, -0.1) is 0 Å². The van der Waals surface area contributed by atoms with Crippen molar-refractivity contribution in [2.75, 3.05) is 13.6 Å². The third-order valence-electron chi connectivity index (χ3n) is 3.95. The summed E-state index contributed by atoms with van der Waals surface area (Å²) in [7, 11) is 1.83. The summed E-state index contributed by atoms with van der Waals surface area (Å²) in [6, 6.07) is 5.26. The maximum absolute atomic E-state index is 12.5. The van der Waals surface area contributed by atoms with Crippen LogP contribution >= 0.6 is 23.2 Å². The van der Waals surface area contributed by atoms with Crippen LogP contribution < -0.4 is 5.32 Å². The third kappa shape index (κ3) is 3.46. The first-order valence-electron chi connectivity index (χ1n) is 6.95. The van der Waals surface area contributed by atoms with Gasteiger partial charge in [0.15, 0.2) is 0 Å². The molecule has 2 unspecified atom stereocenters. The van der Waals surface area contributed by atoms with Gasteiger partial charge >= 0.3 is 0 Å². The zero-order valence-corrected chi connectivity index (χ0v) is 13.3. The monoisotopic (exact) mass is 314 g/mol. The molecule has 0 radical (unpaired) electrons. The number of carbonyl (C=O) groups is 1. The van der Waals surface area contributed by atoms with E-state index in [2.05, 4.69) is 5.32 Å². The Morgan fingerprint density at radius 3 is 2.75 bits per heavy atom. The van der Waals surface area contributed by atoms with Crippen molar-refractivity contribution >= 4 is 29.1 Å². The van der Waals surface area contributed by atoms with Crippen LogP contribution in [0.5, 0.6) is 0 Å². The van der Waals surface area contributed by atoms with Gasteiger partial charge < -0.3 is 10.2 Å². The van der Waals surface area contributed by atoms with E-state index in [1.54, 1.807) is 17.0 Å². The summed E-state index contributed by atoms with van der Waals surface area (Å²) in [6.07, 6.45) is 3.16. The van der Waals surface area contributed by atoms with Crippen molar-refractivity contribution in [1.29, 1.82) is 0 Å². The maximum atomic E-state index is 12.5. The molecule has 0 spiro atoms. The summed E-state index contributed by atoms with van der Waals surface area (Å²) in [5.41, 5.74) is 0.919. The highest BCUT2D eigenvalue weighted by Gasteiger charge is 2.27. The number of nitrogens with one attached hydrogen (secondary N) is 1. The summed E-state index contributed by atoms with van der Waals surface area (Å²) in [4.78, 5) is 14.2. The highest BCUT2D eigenvalue weighted by atomic mass is 35.5. The number of hydrogen-bond donors (Lipinski definition) is 1. The average molecular weight is 315 g/mol. The molecule has 1 saturated heterocycles. The molecule has 0 saturated carbocycles. The fourth-order valence-corrected chi connectivity index (χ4v) is 3.11. The van der Waals surface area contributed by atoms with Crippen LogP contribution in [-0.4, -0.2) is 30.4 Å². The molecule has 1 heterocycles. The smallest absolute Gasteiger partial charge is 0.239 e.